The van der Waals surface area contributed by atoms with E-state index in [1.165, 1.54) is 47.1 Å². The van der Waals surface area contributed by atoms with E-state index in [2.05, 4.69) is 4.72 Å². The summed E-state index contributed by atoms with van der Waals surface area (Å²) in [4.78, 5) is 12.2. The van der Waals surface area contributed by atoms with Crippen LogP contribution in [0.3, 0.4) is 0 Å². The summed E-state index contributed by atoms with van der Waals surface area (Å²) in [5, 5.41) is 0.112. The smallest absolute Gasteiger partial charge is 0.284 e. The summed E-state index contributed by atoms with van der Waals surface area (Å²) in [7, 11) is -2.15. The van der Waals surface area contributed by atoms with Crippen molar-refractivity contribution in [1.29, 1.82) is 0 Å². The maximum atomic E-state index is 13.6. The lowest BCUT2D eigenvalue weighted by Gasteiger charge is -2.10. The first-order valence-corrected chi connectivity index (χ1v) is 9.86. The maximum absolute atomic E-state index is 13.6. The molecule has 0 saturated carbocycles. The molecule has 1 heterocycles. The molecule has 3 rings (SSSR count). The van der Waals surface area contributed by atoms with Crippen LogP contribution in [0.1, 0.15) is 11.3 Å². The van der Waals surface area contributed by atoms with Crippen LogP contribution in [0.25, 0.3) is 5.69 Å². The molecule has 1 N–H and O–H groups in total. The Bertz CT molecular complexity index is 1150. The van der Waals surface area contributed by atoms with Crippen LogP contribution < -0.4 is 10.3 Å². The first-order chi connectivity index (χ1) is 12.7. The Balaban J connectivity index is 1.86. The van der Waals surface area contributed by atoms with Crippen LogP contribution in [0, 0.1) is 12.7 Å². The van der Waals surface area contributed by atoms with Gasteiger partial charge in [-0.25, -0.2) is 22.2 Å². The normalized spacial score (nSPS) is 11.7. The van der Waals surface area contributed by atoms with Crippen LogP contribution in [0.4, 0.5) is 4.39 Å². The highest BCUT2D eigenvalue weighted by molar-refractivity contribution is 7.89. The van der Waals surface area contributed by atoms with Gasteiger partial charge >= 0.3 is 0 Å². The fourth-order valence-electron chi connectivity index (χ4n) is 2.63. The zero-order valence-electron chi connectivity index (χ0n) is 14.6. The van der Waals surface area contributed by atoms with E-state index in [1.54, 1.807) is 24.7 Å². The van der Waals surface area contributed by atoms with E-state index in [-0.39, 0.29) is 27.6 Å². The molecule has 0 aliphatic rings. The SMILES string of the molecule is Cc1c(Cl)c(=O)n(-c2ccc(S(=O)(=O)NCc3ccccc3F)cc2)n1C. The van der Waals surface area contributed by atoms with E-state index in [0.717, 1.165) is 0 Å². The van der Waals surface area contributed by atoms with Gasteiger partial charge in [-0.1, -0.05) is 29.8 Å². The van der Waals surface area contributed by atoms with Gasteiger partial charge in [0.2, 0.25) is 10.0 Å². The van der Waals surface area contributed by atoms with Gasteiger partial charge in [0, 0.05) is 19.2 Å². The summed E-state index contributed by atoms with van der Waals surface area (Å²) in [5.74, 6) is -0.481. The molecule has 0 amide bonds. The molecule has 0 aliphatic heterocycles. The summed E-state index contributed by atoms with van der Waals surface area (Å²) in [6.07, 6.45) is 0. The van der Waals surface area contributed by atoms with Crippen molar-refractivity contribution < 1.29 is 12.8 Å². The second-order valence-corrected chi connectivity index (χ2v) is 8.09. The topological polar surface area (TPSA) is 73.1 Å². The van der Waals surface area contributed by atoms with E-state index >= 15 is 0 Å². The quantitative estimate of drug-likeness (QED) is 0.704. The van der Waals surface area contributed by atoms with Crippen molar-refractivity contribution in [3.8, 4) is 5.69 Å². The highest BCUT2D eigenvalue weighted by Gasteiger charge is 2.17. The summed E-state index contributed by atoms with van der Waals surface area (Å²) in [5.41, 5.74) is 0.943. The van der Waals surface area contributed by atoms with Gasteiger partial charge in [-0.05, 0) is 37.3 Å². The number of hydrogen-bond acceptors (Lipinski definition) is 3. The third-order valence-corrected chi connectivity index (χ3v) is 6.14. The molecule has 0 atom stereocenters. The summed E-state index contributed by atoms with van der Waals surface area (Å²) < 4.78 is 43.8. The zero-order chi connectivity index (χ0) is 19.8. The predicted octanol–water partition coefficient (Wildman–Crippen LogP) is 2.76. The number of nitrogens with zero attached hydrogens (tertiary/aromatic N) is 2. The summed E-state index contributed by atoms with van der Waals surface area (Å²) >= 11 is 5.98. The molecular formula is C18H17ClFN3O3S. The Morgan fingerprint density at radius 3 is 2.30 bits per heavy atom. The van der Waals surface area contributed by atoms with Crippen molar-refractivity contribution in [2.75, 3.05) is 0 Å². The lowest BCUT2D eigenvalue weighted by atomic mass is 10.2. The minimum Gasteiger partial charge on any atom is -0.284 e. The molecule has 0 spiro atoms. The lowest BCUT2D eigenvalue weighted by molar-refractivity contribution is 0.574. The minimum atomic E-state index is -3.83. The van der Waals surface area contributed by atoms with Gasteiger partial charge in [-0.15, -0.1) is 0 Å². The number of hydrogen-bond donors (Lipinski definition) is 1. The Morgan fingerprint density at radius 2 is 1.74 bits per heavy atom. The van der Waals surface area contributed by atoms with Crippen LogP contribution in [0.5, 0.6) is 0 Å². The number of benzene rings is 2. The highest BCUT2D eigenvalue weighted by atomic mass is 35.5. The molecule has 0 saturated heterocycles. The average molecular weight is 410 g/mol. The van der Waals surface area contributed by atoms with Crippen LogP contribution in [-0.2, 0) is 23.6 Å². The molecule has 2 aromatic carbocycles. The Hall–Kier alpha value is -2.42. The van der Waals surface area contributed by atoms with Gasteiger partial charge in [0.25, 0.3) is 5.56 Å². The Morgan fingerprint density at radius 1 is 1.11 bits per heavy atom. The summed E-state index contributed by atoms with van der Waals surface area (Å²) in [6, 6.07) is 11.7. The number of rotatable bonds is 5. The van der Waals surface area contributed by atoms with E-state index in [0.29, 0.717) is 11.4 Å². The molecule has 142 valence electrons. The summed E-state index contributed by atoms with van der Waals surface area (Å²) in [6.45, 7) is 1.55. The molecule has 3 aromatic rings. The second kappa shape index (κ2) is 7.30. The zero-order valence-corrected chi connectivity index (χ0v) is 16.2. The average Bonchev–Trinajstić information content (AvgIpc) is 2.84. The van der Waals surface area contributed by atoms with Gasteiger partial charge in [0.15, 0.2) is 0 Å². The molecule has 9 heteroatoms. The molecule has 0 radical (unpaired) electrons. The predicted molar refractivity (Wildman–Crippen MR) is 101 cm³/mol. The maximum Gasteiger partial charge on any atom is 0.290 e. The number of sulfonamides is 1. The molecule has 0 aliphatic carbocycles. The third kappa shape index (κ3) is 3.69. The van der Waals surface area contributed by atoms with Crippen LogP contribution >= 0.6 is 11.6 Å². The van der Waals surface area contributed by atoms with Gasteiger partial charge in [-0.2, -0.15) is 0 Å². The number of halogens is 2. The minimum absolute atomic E-state index is 0.00710. The second-order valence-electron chi connectivity index (χ2n) is 5.95. The van der Waals surface area contributed by atoms with Crippen molar-refractivity contribution in [2.24, 2.45) is 7.05 Å². The van der Waals surface area contributed by atoms with E-state index < -0.39 is 15.8 Å². The number of nitrogens with one attached hydrogen (secondary N) is 1. The Labute approximate surface area is 160 Å². The molecular weight excluding hydrogens is 393 g/mol. The molecule has 1 aromatic heterocycles. The highest BCUT2D eigenvalue weighted by Crippen LogP contribution is 2.17. The fraction of sp³-hybridized carbons (Fsp3) is 0.167. The molecule has 0 unspecified atom stereocenters. The molecule has 27 heavy (non-hydrogen) atoms. The van der Waals surface area contributed by atoms with Crippen molar-refractivity contribution >= 4 is 21.6 Å². The fourth-order valence-corrected chi connectivity index (χ4v) is 3.84. The van der Waals surface area contributed by atoms with E-state index in [4.69, 9.17) is 11.6 Å². The van der Waals surface area contributed by atoms with Crippen LogP contribution in [0.15, 0.2) is 58.2 Å². The standard InChI is InChI=1S/C18H17ClFN3O3S/c1-12-17(19)18(24)23(22(12)2)14-7-9-15(10-8-14)27(25,26)21-11-13-5-3-4-6-16(13)20/h3-10,21H,11H2,1-2H3. The number of aromatic nitrogens is 2. The molecule has 6 nitrogen and oxygen atoms in total. The van der Waals surface area contributed by atoms with Crippen molar-refractivity contribution in [1.82, 2.24) is 14.1 Å². The monoisotopic (exact) mass is 409 g/mol. The molecule has 0 fully saturated rings. The first kappa shape index (κ1) is 19.3. The third-order valence-electron chi connectivity index (χ3n) is 4.29. The van der Waals surface area contributed by atoms with Crippen molar-refractivity contribution in [3.05, 3.63) is 81.0 Å². The van der Waals surface area contributed by atoms with Gasteiger partial charge in [0.1, 0.15) is 10.8 Å². The van der Waals surface area contributed by atoms with E-state index in [9.17, 15) is 17.6 Å². The first-order valence-electron chi connectivity index (χ1n) is 8.00. The van der Waals surface area contributed by atoms with Crippen molar-refractivity contribution in [3.63, 3.8) is 0 Å². The lowest BCUT2D eigenvalue weighted by Crippen LogP contribution is -2.24. The van der Waals surface area contributed by atoms with Crippen LogP contribution in [0.2, 0.25) is 5.02 Å². The Kier molecular flexibility index (Phi) is 5.23. The van der Waals surface area contributed by atoms with Gasteiger partial charge < -0.3 is 0 Å². The van der Waals surface area contributed by atoms with Gasteiger partial charge in [-0.3, -0.25) is 9.48 Å². The van der Waals surface area contributed by atoms with Crippen LogP contribution in [-0.4, -0.2) is 17.8 Å². The molecule has 0 bridgehead atoms. The van der Waals surface area contributed by atoms with Crippen molar-refractivity contribution in [2.45, 2.75) is 18.4 Å². The van der Waals surface area contributed by atoms with E-state index in [1.807, 2.05) is 0 Å². The van der Waals surface area contributed by atoms with Gasteiger partial charge in [0.05, 0.1) is 16.3 Å². The largest absolute Gasteiger partial charge is 0.290 e.